The van der Waals surface area contributed by atoms with Crippen LogP contribution >= 0.6 is 27.5 Å². The minimum absolute atomic E-state index is 0.0270. The number of benzene rings is 1. The molecule has 0 fully saturated rings. The van der Waals surface area contributed by atoms with Crippen LogP contribution in [0.25, 0.3) is 10.9 Å². The molecule has 0 spiro atoms. The van der Waals surface area contributed by atoms with E-state index in [0.717, 1.165) is 0 Å². The number of nitro benzene ring substituents is 1. The molecule has 14 heavy (non-hydrogen) atoms. The molecule has 0 atom stereocenters. The van der Waals surface area contributed by atoms with Gasteiger partial charge in [-0.1, -0.05) is 11.6 Å². The van der Waals surface area contributed by atoms with Crippen LogP contribution in [-0.2, 0) is 0 Å². The lowest BCUT2D eigenvalue weighted by atomic mass is 10.2. The average molecular weight is 276 g/mol. The quantitative estimate of drug-likeness (QED) is 0.643. The predicted octanol–water partition coefficient (Wildman–Crippen LogP) is 2.89. The van der Waals surface area contributed by atoms with E-state index in [-0.39, 0.29) is 10.8 Å². The number of fused-ring (bicyclic) bond motifs is 1. The van der Waals surface area contributed by atoms with Gasteiger partial charge in [0.1, 0.15) is 9.63 Å². The monoisotopic (exact) mass is 275 g/mol. The molecular weight excluding hydrogens is 273 g/mol. The number of hydrogen-bond donors (Lipinski definition) is 1. The second-order valence-corrected chi connectivity index (χ2v) is 3.76. The lowest BCUT2D eigenvalue weighted by Crippen LogP contribution is -1.89. The first-order valence-electron chi connectivity index (χ1n) is 3.57. The molecule has 0 radical (unpaired) electrons. The lowest BCUT2D eigenvalue weighted by Gasteiger charge is -1.95. The van der Waals surface area contributed by atoms with Crippen molar-refractivity contribution in [2.75, 3.05) is 0 Å². The highest BCUT2D eigenvalue weighted by atomic mass is 79.9. The molecule has 7 heteroatoms. The number of nitrogens with zero attached hydrogens (tertiary/aromatic N) is 2. The molecule has 0 amide bonds. The zero-order chi connectivity index (χ0) is 10.3. The molecule has 0 aliphatic carbocycles. The highest BCUT2D eigenvalue weighted by Crippen LogP contribution is 2.35. The summed E-state index contributed by atoms with van der Waals surface area (Å²) in [6.07, 6.45) is 0. The summed E-state index contributed by atoms with van der Waals surface area (Å²) in [6, 6.07) is 2.92. The van der Waals surface area contributed by atoms with Crippen LogP contribution in [0.1, 0.15) is 0 Å². The van der Waals surface area contributed by atoms with Crippen LogP contribution in [0.2, 0.25) is 5.15 Å². The highest BCUT2D eigenvalue weighted by molar-refractivity contribution is 9.10. The summed E-state index contributed by atoms with van der Waals surface area (Å²) in [4.78, 5) is 10.1. The van der Waals surface area contributed by atoms with Crippen molar-refractivity contribution in [3.63, 3.8) is 0 Å². The number of rotatable bonds is 1. The minimum atomic E-state index is -0.479. The van der Waals surface area contributed by atoms with E-state index >= 15 is 0 Å². The lowest BCUT2D eigenvalue weighted by molar-refractivity contribution is -0.385. The van der Waals surface area contributed by atoms with E-state index in [1.165, 1.54) is 6.07 Å². The molecule has 72 valence electrons. The molecular formula is C7H3BrClN3O2. The Balaban J connectivity index is 2.86. The molecule has 1 heterocycles. The van der Waals surface area contributed by atoms with Gasteiger partial charge in [0.2, 0.25) is 0 Å². The van der Waals surface area contributed by atoms with E-state index in [2.05, 4.69) is 26.1 Å². The van der Waals surface area contributed by atoms with Gasteiger partial charge in [0.15, 0.2) is 0 Å². The summed E-state index contributed by atoms with van der Waals surface area (Å²) in [5.74, 6) is 0. The van der Waals surface area contributed by atoms with Gasteiger partial charge < -0.3 is 0 Å². The second-order valence-electron chi connectivity index (χ2n) is 2.59. The Labute approximate surface area is 91.3 Å². The van der Waals surface area contributed by atoms with Crippen molar-refractivity contribution in [1.29, 1.82) is 0 Å². The molecule has 0 bridgehead atoms. The van der Waals surface area contributed by atoms with Crippen LogP contribution in [0.4, 0.5) is 5.69 Å². The molecule has 0 saturated heterocycles. The Bertz CT molecular complexity index is 525. The third-order valence-corrected chi connectivity index (χ3v) is 2.87. The van der Waals surface area contributed by atoms with Crippen LogP contribution in [0.3, 0.4) is 0 Å². The Morgan fingerprint density at radius 1 is 1.57 bits per heavy atom. The zero-order valence-corrected chi connectivity index (χ0v) is 8.96. The van der Waals surface area contributed by atoms with Crippen LogP contribution in [0.5, 0.6) is 0 Å². The van der Waals surface area contributed by atoms with Crippen molar-refractivity contribution in [2.24, 2.45) is 0 Å². The summed E-state index contributed by atoms with van der Waals surface area (Å²) in [5, 5.41) is 17.8. The van der Waals surface area contributed by atoms with Crippen LogP contribution in [-0.4, -0.2) is 15.1 Å². The van der Waals surface area contributed by atoms with Gasteiger partial charge in [-0.15, -0.1) is 0 Å². The van der Waals surface area contributed by atoms with Crippen molar-refractivity contribution in [3.05, 3.63) is 31.9 Å². The first-order valence-corrected chi connectivity index (χ1v) is 4.75. The molecule has 0 aliphatic rings. The van der Waals surface area contributed by atoms with E-state index < -0.39 is 4.92 Å². The molecule has 2 rings (SSSR count). The summed E-state index contributed by atoms with van der Waals surface area (Å²) in [6.45, 7) is 0. The maximum Gasteiger partial charge on any atom is 0.284 e. The number of nitrogens with one attached hydrogen (secondary N) is 1. The fourth-order valence-corrected chi connectivity index (χ4v) is 2.19. The summed E-state index contributed by atoms with van der Waals surface area (Å²) < 4.78 is 0.346. The number of nitro groups is 1. The fourth-order valence-electron chi connectivity index (χ4n) is 1.16. The third kappa shape index (κ3) is 1.27. The van der Waals surface area contributed by atoms with E-state index in [4.69, 9.17) is 11.6 Å². The zero-order valence-electron chi connectivity index (χ0n) is 6.62. The summed E-state index contributed by atoms with van der Waals surface area (Å²) in [5.41, 5.74) is 0.563. The number of H-pyrrole nitrogens is 1. The van der Waals surface area contributed by atoms with Crippen molar-refractivity contribution in [3.8, 4) is 0 Å². The van der Waals surface area contributed by atoms with Crippen LogP contribution < -0.4 is 0 Å². The fraction of sp³-hybridized carbons (Fsp3) is 0. The van der Waals surface area contributed by atoms with Crippen molar-refractivity contribution < 1.29 is 4.92 Å². The molecule has 1 aromatic heterocycles. The maximum absolute atomic E-state index is 10.6. The Hall–Kier alpha value is -1.14. The first-order chi connectivity index (χ1) is 6.61. The number of aromatic amines is 1. The maximum atomic E-state index is 10.6. The molecule has 5 nitrogen and oxygen atoms in total. The van der Waals surface area contributed by atoms with Gasteiger partial charge in [-0.3, -0.25) is 15.2 Å². The van der Waals surface area contributed by atoms with Gasteiger partial charge in [-0.05, 0) is 22.0 Å². The van der Waals surface area contributed by atoms with Gasteiger partial charge >= 0.3 is 0 Å². The molecule has 1 N–H and O–H groups in total. The SMILES string of the molecule is O=[N+]([O-])c1ccc2n[nH]c(Cl)c2c1Br. The van der Waals surface area contributed by atoms with Crippen molar-refractivity contribution in [1.82, 2.24) is 10.2 Å². The third-order valence-electron chi connectivity index (χ3n) is 1.79. The van der Waals surface area contributed by atoms with Crippen LogP contribution in [0.15, 0.2) is 16.6 Å². The van der Waals surface area contributed by atoms with E-state index in [1.807, 2.05) is 0 Å². The number of aromatic nitrogens is 2. The van der Waals surface area contributed by atoms with Crippen molar-refractivity contribution >= 4 is 44.1 Å². The Kier molecular flexibility index (Phi) is 2.16. The van der Waals surface area contributed by atoms with Crippen LogP contribution in [0, 0.1) is 10.1 Å². The van der Waals surface area contributed by atoms with E-state index in [1.54, 1.807) is 6.07 Å². The second kappa shape index (κ2) is 3.21. The molecule has 1 aromatic carbocycles. The first kappa shape index (κ1) is 9.42. The molecule has 0 aliphatic heterocycles. The standard InChI is InChI=1S/C7H3BrClN3O2/c8-6-4(12(13)14)2-1-3-5(6)7(9)11-10-3/h1-2H,(H,10,11). The average Bonchev–Trinajstić information content (AvgIpc) is 2.48. The minimum Gasteiger partial charge on any atom is -0.266 e. The summed E-state index contributed by atoms with van der Waals surface area (Å²) >= 11 is 8.91. The predicted molar refractivity (Wildman–Crippen MR) is 55.5 cm³/mol. The smallest absolute Gasteiger partial charge is 0.266 e. The van der Waals surface area contributed by atoms with Gasteiger partial charge in [0.05, 0.1) is 15.8 Å². The summed E-state index contributed by atoms with van der Waals surface area (Å²) in [7, 11) is 0. The normalized spacial score (nSPS) is 10.7. The Morgan fingerprint density at radius 2 is 2.29 bits per heavy atom. The van der Waals surface area contributed by atoms with E-state index in [0.29, 0.717) is 15.4 Å². The largest absolute Gasteiger partial charge is 0.284 e. The number of halogens is 2. The number of hydrogen-bond acceptors (Lipinski definition) is 3. The molecule has 0 saturated carbocycles. The van der Waals surface area contributed by atoms with E-state index in [9.17, 15) is 10.1 Å². The highest BCUT2D eigenvalue weighted by Gasteiger charge is 2.17. The van der Waals surface area contributed by atoms with Gasteiger partial charge in [0.25, 0.3) is 5.69 Å². The van der Waals surface area contributed by atoms with Gasteiger partial charge in [-0.25, -0.2) is 0 Å². The van der Waals surface area contributed by atoms with Crippen molar-refractivity contribution in [2.45, 2.75) is 0 Å². The van der Waals surface area contributed by atoms with Gasteiger partial charge in [0, 0.05) is 6.07 Å². The van der Waals surface area contributed by atoms with Gasteiger partial charge in [-0.2, -0.15) is 5.10 Å². The Morgan fingerprint density at radius 3 is 2.93 bits per heavy atom. The molecule has 0 unspecified atom stereocenters. The molecule has 2 aromatic rings. The topological polar surface area (TPSA) is 71.8 Å².